The zero-order valence-corrected chi connectivity index (χ0v) is 6.83. The van der Waals surface area contributed by atoms with Crippen LogP contribution in [-0.2, 0) is 6.42 Å². The van der Waals surface area contributed by atoms with E-state index in [-0.39, 0.29) is 0 Å². The molecule has 2 aromatic heterocycles. The molecule has 4 heteroatoms. The fraction of sp³-hybridized carbons (Fsp3) is 0.250. The highest BCUT2D eigenvalue weighted by molar-refractivity contribution is 5.59. The van der Waals surface area contributed by atoms with Crippen LogP contribution in [0.1, 0.15) is 12.6 Å². The van der Waals surface area contributed by atoms with Crippen molar-refractivity contribution < 1.29 is 0 Å². The first kappa shape index (κ1) is 7.09. The van der Waals surface area contributed by atoms with Gasteiger partial charge in [-0.1, -0.05) is 6.92 Å². The number of hydrogen-bond acceptors (Lipinski definition) is 2. The van der Waals surface area contributed by atoms with E-state index in [0.717, 1.165) is 23.4 Å². The van der Waals surface area contributed by atoms with Crippen molar-refractivity contribution in [2.45, 2.75) is 13.3 Å². The van der Waals surface area contributed by atoms with Crippen LogP contribution in [0, 0.1) is 0 Å². The van der Waals surface area contributed by atoms with E-state index in [4.69, 9.17) is 0 Å². The fourth-order valence-electron chi connectivity index (χ4n) is 1.22. The molecule has 0 radical (unpaired) electrons. The molecule has 0 atom stereocenters. The summed E-state index contributed by atoms with van der Waals surface area (Å²) in [5, 5.41) is 6.92. The third kappa shape index (κ3) is 1.01. The SMILES string of the molecule is CCc1[nH]ncc1-c1cnc[nH]1. The zero-order valence-electron chi connectivity index (χ0n) is 6.83. The average molecular weight is 162 g/mol. The van der Waals surface area contributed by atoms with Crippen molar-refractivity contribution in [3.05, 3.63) is 24.4 Å². The van der Waals surface area contributed by atoms with E-state index in [2.05, 4.69) is 27.1 Å². The number of nitrogens with one attached hydrogen (secondary N) is 2. The van der Waals surface area contributed by atoms with E-state index in [1.54, 1.807) is 12.5 Å². The first-order chi connectivity index (χ1) is 5.92. The molecular weight excluding hydrogens is 152 g/mol. The van der Waals surface area contributed by atoms with Gasteiger partial charge in [0.05, 0.1) is 24.4 Å². The molecule has 62 valence electrons. The van der Waals surface area contributed by atoms with E-state index >= 15 is 0 Å². The second-order valence-corrected chi connectivity index (χ2v) is 2.58. The minimum atomic E-state index is 0.953. The predicted molar refractivity (Wildman–Crippen MR) is 45.5 cm³/mol. The Labute approximate surface area is 70.0 Å². The maximum absolute atomic E-state index is 3.98. The van der Waals surface area contributed by atoms with E-state index in [1.807, 2.05) is 6.20 Å². The summed E-state index contributed by atoms with van der Waals surface area (Å²) in [6.07, 6.45) is 6.23. The number of aromatic nitrogens is 4. The summed E-state index contributed by atoms with van der Waals surface area (Å²) in [5.41, 5.74) is 3.26. The van der Waals surface area contributed by atoms with Crippen molar-refractivity contribution in [2.75, 3.05) is 0 Å². The third-order valence-electron chi connectivity index (χ3n) is 1.86. The second kappa shape index (κ2) is 2.81. The first-order valence-corrected chi connectivity index (χ1v) is 3.92. The average Bonchev–Trinajstić information content (AvgIpc) is 2.74. The highest BCUT2D eigenvalue weighted by Crippen LogP contribution is 2.18. The molecule has 0 fully saturated rings. The van der Waals surface area contributed by atoms with E-state index in [1.165, 1.54) is 0 Å². The van der Waals surface area contributed by atoms with Gasteiger partial charge in [-0.25, -0.2) is 4.98 Å². The molecule has 4 nitrogen and oxygen atoms in total. The molecule has 0 aromatic carbocycles. The lowest BCUT2D eigenvalue weighted by Crippen LogP contribution is -1.83. The normalized spacial score (nSPS) is 10.4. The van der Waals surface area contributed by atoms with Crippen molar-refractivity contribution >= 4 is 0 Å². The van der Waals surface area contributed by atoms with E-state index in [9.17, 15) is 0 Å². The Kier molecular flexibility index (Phi) is 1.66. The van der Waals surface area contributed by atoms with Gasteiger partial charge < -0.3 is 4.98 Å². The first-order valence-electron chi connectivity index (χ1n) is 3.92. The minimum absolute atomic E-state index is 0.953. The van der Waals surface area contributed by atoms with Crippen molar-refractivity contribution in [1.82, 2.24) is 20.2 Å². The largest absolute Gasteiger partial charge is 0.345 e. The van der Waals surface area contributed by atoms with Crippen molar-refractivity contribution in [2.24, 2.45) is 0 Å². The highest BCUT2D eigenvalue weighted by Gasteiger charge is 2.05. The standard InChI is InChI=1S/C8H10N4/c1-2-7-6(3-11-12-7)8-4-9-5-10-8/h3-5H,2H2,1H3,(H,9,10)(H,11,12). The van der Waals surface area contributed by atoms with Gasteiger partial charge in [-0.3, -0.25) is 5.10 Å². The number of rotatable bonds is 2. The molecule has 2 rings (SSSR count). The molecule has 0 aliphatic heterocycles. The Morgan fingerprint density at radius 1 is 1.42 bits per heavy atom. The Balaban J connectivity index is 2.46. The van der Waals surface area contributed by atoms with Crippen LogP contribution in [0.4, 0.5) is 0 Å². The van der Waals surface area contributed by atoms with Crippen LogP contribution in [-0.4, -0.2) is 20.2 Å². The molecule has 0 saturated heterocycles. The molecule has 0 aliphatic rings. The summed E-state index contributed by atoms with van der Waals surface area (Å²) in [4.78, 5) is 7.00. The molecule has 2 heterocycles. The maximum Gasteiger partial charge on any atom is 0.0924 e. The number of hydrogen-bond donors (Lipinski definition) is 2. The number of H-pyrrole nitrogens is 2. The lowest BCUT2D eigenvalue weighted by Gasteiger charge is -1.94. The van der Waals surface area contributed by atoms with Gasteiger partial charge in [-0.2, -0.15) is 5.10 Å². The maximum atomic E-state index is 3.98. The van der Waals surface area contributed by atoms with Crippen LogP contribution in [0.2, 0.25) is 0 Å². The second-order valence-electron chi connectivity index (χ2n) is 2.58. The van der Waals surface area contributed by atoms with Gasteiger partial charge in [-0.05, 0) is 6.42 Å². The van der Waals surface area contributed by atoms with Gasteiger partial charge >= 0.3 is 0 Å². The van der Waals surface area contributed by atoms with Gasteiger partial charge in [0.2, 0.25) is 0 Å². The predicted octanol–water partition coefficient (Wildman–Crippen LogP) is 1.36. The molecule has 2 N–H and O–H groups in total. The van der Waals surface area contributed by atoms with Crippen LogP contribution in [0.25, 0.3) is 11.3 Å². The van der Waals surface area contributed by atoms with Crippen LogP contribution >= 0.6 is 0 Å². The van der Waals surface area contributed by atoms with Gasteiger partial charge in [0.1, 0.15) is 0 Å². The zero-order chi connectivity index (χ0) is 8.39. The lowest BCUT2D eigenvalue weighted by molar-refractivity contribution is 0.975. The highest BCUT2D eigenvalue weighted by atomic mass is 15.1. The van der Waals surface area contributed by atoms with Crippen molar-refractivity contribution in [3.8, 4) is 11.3 Å². The smallest absolute Gasteiger partial charge is 0.0924 e. The molecule has 0 aliphatic carbocycles. The molecule has 0 saturated carbocycles. The Morgan fingerprint density at radius 3 is 3.00 bits per heavy atom. The topological polar surface area (TPSA) is 57.4 Å². The molecule has 12 heavy (non-hydrogen) atoms. The molecule has 2 aromatic rings. The number of nitrogens with zero attached hydrogens (tertiary/aromatic N) is 2. The number of aromatic amines is 2. The minimum Gasteiger partial charge on any atom is -0.345 e. The van der Waals surface area contributed by atoms with Crippen LogP contribution in [0.5, 0.6) is 0 Å². The monoisotopic (exact) mass is 162 g/mol. The summed E-state index contributed by atoms with van der Waals surface area (Å²) in [5.74, 6) is 0. The third-order valence-corrected chi connectivity index (χ3v) is 1.86. The summed E-state index contributed by atoms with van der Waals surface area (Å²) < 4.78 is 0. The van der Waals surface area contributed by atoms with Crippen LogP contribution < -0.4 is 0 Å². The quantitative estimate of drug-likeness (QED) is 0.700. The Hall–Kier alpha value is -1.58. The van der Waals surface area contributed by atoms with Gasteiger partial charge in [0.15, 0.2) is 0 Å². The fourth-order valence-corrected chi connectivity index (χ4v) is 1.22. The summed E-state index contributed by atoms with van der Waals surface area (Å²) in [6, 6.07) is 0. The Bertz CT molecular complexity index is 347. The van der Waals surface area contributed by atoms with E-state index in [0.29, 0.717) is 0 Å². The molecule has 0 bridgehead atoms. The van der Waals surface area contributed by atoms with Crippen molar-refractivity contribution in [3.63, 3.8) is 0 Å². The molecule has 0 unspecified atom stereocenters. The molecule has 0 spiro atoms. The van der Waals surface area contributed by atoms with E-state index < -0.39 is 0 Å². The lowest BCUT2D eigenvalue weighted by atomic mass is 10.2. The Morgan fingerprint density at radius 2 is 2.33 bits per heavy atom. The number of imidazole rings is 1. The molecular formula is C8H10N4. The summed E-state index contributed by atoms with van der Waals surface area (Å²) >= 11 is 0. The van der Waals surface area contributed by atoms with Crippen LogP contribution in [0.15, 0.2) is 18.7 Å². The summed E-state index contributed by atoms with van der Waals surface area (Å²) in [6.45, 7) is 2.09. The molecule has 0 amide bonds. The summed E-state index contributed by atoms with van der Waals surface area (Å²) in [7, 11) is 0. The number of aryl methyl sites for hydroxylation is 1. The van der Waals surface area contributed by atoms with Gasteiger partial charge in [-0.15, -0.1) is 0 Å². The van der Waals surface area contributed by atoms with Crippen molar-refractivity contribution in [1.29, 1.82) is 0 Å². The van der Waals surface area contributed by atoms with Crippen LogP contribution in [0.3, 0.4) is 0 Å². The van der Waals surface area contributed by atoms with Gasteiger partial charge in [0, 0.05) is 11.3 Å². The van der Waals surface area contributed by atoms with Gasteiger partial charge in [0.25, 0.3) is 0 Å².